The van der Waals surface area contributed by atoms with Crippen molar-refractivity contribution in [1.29, 1.82) is 5.26 Å². The summed E-state index contributed by atoms with van der Waals surface area (Å²) in [5, 5.41) is 12.3. The monoisotopic (exact) mass is 238 g/mol. The van der Waals surface area contributed by atoms with Gasteiger partial charge >= 0.3 is 0 Å². The molecule has 100 valence electrons. The first-order valence-electron chi connectivity index (χ1n) is 6.59. The minimum Gasteiger partial charge on any atom is -0.311 e. The van der Waals surface area contributed by atoms with Crippen LogP contribution < -0.4 is 5.32 Å². The lowest BCUT2D eigenvalue weighted by Gasteiger charge is -2.36. The van der Waals surface area contributed by atoms with Gasteiger partial charge in [-0.3, -0.25) is 0 Å². The van der Waals surface area contributed by atoms with Crippen molar-refractivity contribution in [3.05, 3.63) is 0 Å². The minimum atomic E-state index is 0.155. The van der Waals surface area contributed by atoms with E-state index in [1.807, 2.05) is 0 Å². The van der Waals surface area contributed by atoms with Crippen LogP contribution in [0.2, 0.25) is 0 Å². The maximum Gasteiger partial charge on any atom is 0.0621 e. The number of nitrogens with zero attached hydrogens (tertiary/aromatic N) is 1. The van der Waals surface area contributed by atoms with Gasteiger partial charge in [0.15, 0.2) is 0 Å². The van der Waals surface area contributed by atoms with E-state index in [0.717, 1.165) is 19.4 Å². The van der Waals surface area contributed by atoms with E-state index in [-0.39, 0.29) is 11.0 Å². The van der Waals surface area contributed by atoms with Gasteiger partial charge in [0.2, 0.25) is 0 Å². The first kappa shape index (κ1) is 16.4. The molecule has 0 atom stereocenters. The van der Waals surface area contributed by atoms with E-state index in [1.54, 1.807) is 0 Å². The van der Waals surface area contributed by atoms with Gasteiger partial charge in [-0.15, -0.1) is 0 Å². The SMILES string of the molecule is CC(C)(C)CC(C)(C)NCC(C)(C)CCC#N. The molecule has 0 aliphatic heterocycles. The molecule has 0 aliphatic rings. The van der Waals surface area contributed by atoms with Crippen LogP contribution in [0.3, 0.4) is 0 Å². The molecule has 2 heteroatoms. The van der Waals surface area contributed by atoms with Gasteiger partial charge in [0.05, 0.1) is 6.07 Å². The van der Waals surface area contributed by atoms with Gasteiger partial charge in [0, 0.05) is 18.5 Å². The van der Waals surface area contributed by atoms with Crippen molar-refractivity contribution >= 4 is 0 Å². The summed E-state index contributed by atoms with van der Waals surface area (Å²) in [7, 11) is 0. The summed E-state index contributed by atoms with van der Waals surface area (Å²) < 4.78 is 0. The predicted molar refractivity (Wildman–Crippen MR) is 74.8 cm³/mol. The molecule has 0 saturated carbocycles. The fraction of sp³-hybridized carbons (Fsp3) is 0.933. The van der Waals surface area contributed by atoms with E-state index >= 15 is 0 Å². The van der Waals surface area contributed by atoms with Gasteiger partial charge in [-0.25, -0.2) is 0 Å². The Bertz CT molecular complexity index is 264. The quantitative estimate of drug-likeness (QED) is 0.755. The Balaban J connectivity index is 4.22. The molecule has 0 fully saturated rings. The molecular formula is C15H30N2. The van der Waals surface area contributed by atoms with Crippen LogP contribution in [0, 0.1) is 22.2 Å². The summed E-state index contributed by atoms with van der Waals surface area (Å²) >= 11 is 0. The van der Waals surface area contributed by atoms with E-state index < -0.39 is 0 Å². The zero-order chi connectivity index (χ0) is 13.7. The Kier molecular flexibility index (Phi) is 5.68. The van der Waals surface area contributed by atoms with Crippen LogP contribution in [0.25, 0.3) is 0 Å². The van der Waals surface area contributed by atoms with Crippen molar-refractivity contribution in [3.63, 3.8) is 0 Å². The second-order valence-corrected chi connectivity index (χ2v) is 7.80. The molecule has 17 heavy (non-hydrogen) atoms. The molecule has 0 spiro atoms. The second-order valence-electron chi connectivity index (χ2n) is 7.80. The highest BCUT2D eigenvalue weighted by molar-refractivity contribution is 4.86. The molecule has 0 aromatic rings. The molecule has 0 radical (unpaired) electrons. The van der Waals surface area contributed by atoms with Crippen molar-refractivity contribution in [2.75, 3.05) is 6.54 Å². The van der Waals surface area contributed by atoms with Crippen molar-refractivity contribution in [2.24, 2.45) is 10.8 Å². The number of hydrogen-bond donors (Lipinski definition) is 1. The molecule has 0 bridgehead atoms. The van der Waals surface area contributed by atoms with Gasteiger partial charge in [-0.1, -0.05) is 34.6 Å². The normalized spacial score (nSPS) is 13.5. The van der Waals surface area contributed by atoms with E-state index in [0.29, 0.717) is 11.8 Å². The molecule has 1 N–H and O–H groups in total. The number of nitrogens with one attached hydrogen (secondary N) is 1. The maximum atomic E-state index is 8.64. The summed E-state index contributed by atoms with van der Waals surface area (Å²) in [5.41, 5.74) is 0.695. The molecule has 0 saturated heterocycles. The van der Waals surface area contributed by atoms with Gasteiger partial charge in [-0.2, -0.15) is 5.26 Å². The van der Waals surface area contributed by atoms with Crippen molar-refractivity contribution in [2.45, 2.75) is 73.3 Å². The molecule has 0 heterocycles. The lowest BCUT2D eigenvalue weighted by Crippen LogP contribution is -2.46. The Labute approximate surface area is 108 Å². The fourth-order valence-corrected chi connectivity index (χ4v) is 2.35. The summed E-state index contributed by atoms with van der Waals surface area (Å²) in [6.45, 7) is 16.8. The van der Waals surface area contributed by atoms with E-state index in [9.17, 15) is 0 Å². The Morgan fingerprint density at radius 2 is 1.53 bits per heavy atom. The molecular weight excluding hydrogens is 208 g/mol. The summed E-state index contributed by atoms with van der Waals surface area (Å²) in [6.07, 6.45) is 2.75. The van der Waals surface area contributed by atoms with Gasteiger partial charge in [-0.05, 0) is 37.5 Å². The molecule has 0 rings (SSSR count). The first-order valence-corrected chi connectivity index (χ1v) is 6.59. The molecule has 0 unspecified atom stereocenters. The highest BCUT2D eigenvalue weighted by Gasteiger charge is 2.27. The third-order valence-electron chi connectivity index (χ3n) is 2.93. The van der Waals surface area contributed by atoms with Gasteiger partial charge in [0.25, 0.3) is 0 Å². The minimum absolute atomic E-state index is 0.155. The average molecular weight is 238 g/mol. The second kappa shape index (κ2) is 5.87. The summed E-state index contributed by atoms with van der Waals surface area (Å²) in [5.74, 6) is 0. The van der Waals surface area contributed by atoms with Crippen LogP contribution in [0.5, 0.6) is 0 Å². The Morgan fingerprint density at radius 1 is 1.00 bits per heavy atom. The fourth-order valence-electron chi connectivity index (χ4n) is 2.35. The largest absolute Gasteiger partial charge is 0.311 e. The lowest BCUT2D eigenvalue weighted by atomic mass is 9.80. The van der Waals surface area contributed by atoms with Gasteiger partial charge < -0.3 is 5.32 Å². The van der Waals surface area contributed by atoms with Crippen LogP contribution >= 0.6 is 0 Å². The topological polar surface area (TPSA) is 35.8 Å². The van der Waals surface area contributed by atoms with Crippen molar-refractivity contribution in [3.8, 4) is 6.07 Å². The van der Waals surface area contributed by atoms with Crippen LogP contribution in [0.15, 0.2) is 0 Å². The molecule has 2 nitrogen and oxygen atoms in total. The summed E-state index contributed by atoms with van der Waals surface area (Å²) in [6, 6.07) is 2.23. The zero-order valence-electron chi connectivity index (χ0n) is 12.8. The van der Waals surface area contributed by atoms with Crippen molar-refractivity contribution < 1.29 is 0 Å². The molecule has 0 amide bonds. The van der Waals surface area contributed by atoms with Crippen LogP contribution in [0.1, 0.15) is 67.7 Å². The van der Waals surface area contributed by atoms with Crippen molar-refractivity contribution in [1.82, 2.24) is 5.32 Å². The molecule has 0 aromatic carbocycles. The van der Waals surface area contributed by atoms with Gasteiger partial charge in [0.1, 0.15) is 0 Å². The average Bonchev–Trinajstić information content (AvgIpc) is 2.08. The number of rotatable bonds is 6. The summed E-state index contributed by atoms with van der Waals surface area (Å²) in [4.78, 5) is 0. The number of hydrogen-bond acceptors (Lipinski definition) is 2. The van der Waals surface area contributed by atoms with E-state index in [1.165, 1.54) is 0 Å². The Morgan fingerprint density at radius 3 is 1.94 bits per heavy atom. The van der Waals surface area contributed by atoms with Crippen LogP contribution in [-0.4, -0.2) is 12.1 Å². The number of nitriles is 1. The maximum absolute atomic E-state index is 8.64. The van der Waals surface area contributed by atoms with Crippen LogP contribution in [0.4, 0.5) is 0 Å². The highest BCUT2D eigenvalue weighted by atomic mass is 15.0. The van der Waals surface area contributed by atoms with Crippen LogP contribution in [-0.2, 0) is 0 Å². The standard InChI is InChI=1S/C15H30N2/c1-13(2,3)11-15(6,7)17-12-14(4,5)9-8-10-16/h17H,8-9,11-12H2,1-7H3. The molecule has 0 aliphatic carbocycles. The Hall–Kier alpha value is -0.550. The first-order chi connectivity index (χ1) is 7.47. The predicted octanol–water partition coefficient (Wildman–Crippen LogP) is 4.12. The third-order valence-corrected chi connectivity index (χ3v) is 2.93. The highest BCUT2D eigenvalue weighted by Crippen LogP contribution is 2.28. The molecule has 0 aromatic heterocycles. The smallest absolute Gasteiger partial charge is 0.0621 e. The third kappa shape index (κ3) is 9.18. The lowest BCUT2D eigenvalue weighted by molar-refractivity contribution is 0.206. The zero-order valence-corrected chi connectivity index (χ0v) is 12.8. The van der Waals surface area contributed by atoms with E-state index in [2.05, 4.69) is 59.9 Å². The van der Waals surface area contributed by atoms with E-state index in [4.69, 9.17) is 5.26 Å².